The van der Waals surface area contributed by atoms with Gasteiger partial charge in [0.25, 0.3) is 0 Å². The van der Waals surface area contributed by atoms with Crippen LogP contribution in [0, 0.1) is 6.92 Å². The molecule has 0 unspecified atom stereocenters. The Labute approximate surface area is 142 Å². The van der Waals surface area contributed by atoms with Crippen molar-refractivity contribution in [3.05, 3.63) is 29.3 Å². The fourth-order valence-electron chi connectivity index (χ4n) is 1.80. The summed E-state index contributed by atoms with van der Waals surface area (Å²) in [7, 11) is 1.52. The van der Waals surface area contributed by atoms with Gasteiger partial charge in [0.05, 0.1) is 18.6 Å². The number of hydrogen-bond donors (Lipinski definition) is 2. The lowest BCUT2D eigenvalue weighted by Crippen LogP contribution is -2.15. The maximum atomic E-state index is 12.1. The van der Waals surface area contributed by atoms with Gasteiger partial charge < -0.3 is 15.4 Å². The molecule has 2 amide bonds. The van der Waals surface area contributed by atoms with E-state index in [4.69, 9.17) is 4.74 Å². The summed E-state index contributed by atoms with van der Waals surface area (Å²) in [6.45, 7) is 3.34. The first-order valence-electron chi connectivity index (χ1n) is 6.78. The Morgan fingerprint density at radius 1 is 1.35 bits per heavy atom. The summed E-state index contributed by atoms with van der Waals surface area (Å²) in [5.41, 5.74) is 2.05. The highest BCUT2D eigenvalue weighted by atomic mass is 32.2. The van der Waals surface area contributed by atoms with Crippen LogP contribution in [0.3, 0.4) is 0 Å². The van der Waals surface area contributed by atoms with Crippen LogP contribution in [0.5, 0.6) is 5.75 Å². The molecule has 2 aromatic rings. The molecule has 0 radical (unpaired) electrons. The number of thioether (sulfide) groups is 1. The number of rotatable bonds is 6. The highest BCUT2D eigenvalue weighted by Gasteiger charge is 2.11. The minimum absolute atomic E-state index is 0.166. The molecule has 0 bridgehead atoms. The van der Waals surface area contributed by atoms with Crippen LogP contribution in [0.1, 0.15) is 12.6 Å². The molecule has 8 heteroatoms. The van der Waals surface area contributed by atoms with Crippen LogP contribution in [0.2, 0.25) is 0 Å². The largest absolute Gasteiger partial charge is 0.495 e. The van der Waals surface area contributed by atoms with Crippen molar-refractivity contribution in [3.63, 3.8) is 0 Å². The molecule has 0 saturated heterocycles. The first-order valence-corrected chi connectivity index (χ1v) is 8.65. The Kier molecular flexibility index (Phi) is 6.00. The van der Waals surface area contributed by atoms with Crippen molar-refractivity contribution in [2.45, 2.75) is 18.2 Å². The van der Waals surface area contributed by atoms with Crippen LogP contribution in [0.25, 0.3) is 0 Å². The van der Waals surface area contributed by atoms with Gasteiger partial charge in [-0.3, -0.25) is 9.59 Å². The van der Waals surface area contributed by atoms with Crippen LogP contribution >= 0.6 is 23.1 Å². The highest BCUT2D eigenvalue weighted by molar-refractivity contribution is 8.01. The first-order chi connectivity index (χ1) is 11.0. The maximum Gasteiger partial charge on any atom is 0.234 e. The number of hydrogen-bond acceptors (Lipinski definition) is 6. The molecule has 0 aliphatic heterocycles. The fourth-order valence-corrected chi connectivity index (χ4v) is 3.45. The van der Waals surface area contributed by atoms with Crippen LogP contribution in [-0.4, -0.2) is 29.7 Å². The molecular formula is C15H17N3O3S2. The second-order valence-electron chi connectivity index (χ2n) is 4.69. The summed E-state index contributed by atoms with van der Waals surface area (Å²) in [6, 6.07) is 5.07. The summed E-state index contributed by atoms with van der Waals surface area (Å²) in [5.74, 6) is 0.436. The molecule has 2 N–H and O–H groups in total. The second-order valence-corrected chi connectivity index (χ2v) is 6.77. The van der Waals surface area contributed by atoms with Gasteiger partial charge in [0.2, 0.25) is 11.8 Å². The average Bonchev–Trinajstić information content (AvgIpc) is 2.90. The van der Waals surface area contributed by atoms with Crippen molar-refractivity contribution < 1.29 is 14.3 Å². The third kappa shape index (κ3) is 5.26. The number of nitrogens with zero attached hydrogens (tertiary/aromatic N) is 1. The van der Waals surface area contributed by atoms with Crippen molar-refractivity contribution in [1.82, 2.24) is 4.98 Å². The Bertz CT molecular complexity index is 716. The second kappa shape index (κ2) is 7.98. The molecular weight excluding hydrogens is 334 g/mol. The zero-order valence-corrected chi connectivity index (χ0v) is 14.6. The van der Waals surface area contributed by atoms with Gasteiger partial charge in [-0.1, -0.05) is 11.8 Å². The number of amides is 2. The van der Waals surface area contributed by atoms with Crippen LogP contribution < -0.4 is 15.4 Å². The standard InChI is InChI=1S/C15H17N3O3S2/c1-9-7-22-15(16-9)23-8-14(20)18-12-6-11(17-10(2)19)4-5-13(12)21-3/h4-7H,8H2,1-3H3,(H,17,19)(H,18,20). The molecule has 2 rings (SSSR count). The monoisotopic (exact) mass is 351 g/mol. The van der Waals surface area contributed by atoms with Crippen molar-refractivity contribution >= 4 is 46.3 Å². The Morgan fingerprint density at radius 3 is 2.74 bits per heavy atom. The summed E-state index contributed by atoms with van der Waals surface area (Å²) in [5, 5.41) is 7.41. The lowest BCUT2D eigenvalue weighted by atomic mass is 10.2. The minimum atomic E-state index is -0.179. The lowest BCUT2D eigenvalue weighted by Gasteiger charge is -2.12. The Morgan fingerprint density at radius 2 is 2.13 bits per heavy atom. The van der Waals surface area contributed by atoms with E-state index in [1.807, 2.05) is 12.3 Å². The molecule has 1 aromatic heterocycles. The van der Waals surface area contributed by atoms with E-state index in [2.05, 4.69) is 15.6 Å². The van der Waals surface area contributed by atoms with E-state index in [0.29, 0.717) is 17.1 Å². The molecule has 0 fully saturated rings. The lowest BCUT2D eigenvalue weighted by molar-refractivity contribution is -0.114. The van der Waals surface area contributed by atoms with E-state index in [1.165, 1.54) is 37.1 Å². The Balaban J connectivity index is 2.01. The number of benzene rings is 1. The van der Waals surface area contributed by atoms with Crippen molar-refractivity contribution in [2.24, 2.45) is 0 Å². The molecule has 6 nitrogen and oxygen atoms in total. The normalized spacial score (nSPS) is 10.2. The van der Waals surface area contributed by atoms with E-state index in [1.54, 1.807) is 18.2 Å². The summed E-state index contributed by atoms with van der Waals surface area (Å²) in [4.78, 5) is 27.5. The highest BCUT2D eigenvalue weighted by Crippen LogP contribution is 2.28. The maximum absolute atomic E-state index is 12.1. The van der Waals surface area contributed by atoms with Gasteiger partial charge in [-0.15, -0.1) is 11.3 Å². The third-order valence-corrected chi connectivity index (χ3v) is 4.86. The molecule has 0 aliphatic rings. The number of carbonyl (C=O) groups is 2. The molecule has 0 atom stereocenters. The number of aromatic nitrogens is 1. The van der Waals surface area contributed by atoms with Gasteiger partial charge in [-0.05, 0) is 25.1 Å². The van der Waals surface area contributed by atoms with Gasteiger partial charge in [0, 0.05) is 23.7 Å². The number of nitrogens with one attached hydrogen (secondary N) is 2. The van der Waals surface area contributed by atoms with Gasteiger partial charge in [-0.2, -0.15) is 0 Å². The molecule has 122 valence electrons. The van der Waals surface area contributed by atoms with Gasteiger partial charge in [0.15, 0.2) is 4.34 Å². The smallest absolute Gasteiger partial charge is 0.234 e. The average molecular weight is 351 g/mol. The SMILES string of the molecule is COc1ccc(NC(C)=O)cc1NC(=O)CSc1nc(C)cs1. The molecule has 23 heavy (non-hydrogen) atoms. The summed E-state index contributed by atoms with van der Waals surface area (Å²) >= 11 is 2.90. The van der Waals surface area contributed by atoms with E-state index in [-0.39, 0.29) is 17.6 Å². The third-order valence-electron chi connectivity index (χ3n) is 2.72. The quantitative estimate of drug-likeness (QED) is 0.782. The number of anilines is 2. The van der Waals surface area contributed by atoms with E-state index >= 15 is 0 Å². The number of methoxy groups -OCH3 is 1. The predicted octanol–water partition coefficient (Wildman–Crippen LogP) is 3.15. The van der Waals surface area contributed by atoms with E-state index < -0.39 is 0 Å². The molecule has 1 aromatic carbocycles. The van der Waals surface area contributed by atoms with Crippen LogP contribution in [-0.2, 0) is 9.59 Å². The van der Waals surface area contributed by atoms with Gasteiger partial charge in [-0.25, -0.2) is 4.98 Å². The fraction of sp³-hybridized carbons (Fsp3) is 0.267. The van der Waals surface area contributed by atoms with Gasteiger partial charge >= 0.3 is 0 Å². The zero-order chi connectivity index (χ0) is 16.8. The minimum Gasteiger partial charge on any atom is -0.495 e. The van der Waals surface area contributed by atoms with Crippen LogP contribution in [0.4, 0.5) is 11.4 Å². The Hall–Kier alpha value is -2.06. The van der Waals surface area contributed by atoms with E-state index in [9.17, 15) is 9.59 Å². The van der Waals surface area contributed by atoms with Crippen molar-refractivity contribution in [3.8, 4) is 5.75 Å². The van der Waals surface area contributed by atoms with E-state index in [0.717, 1.165) is 10.0 Å². The predicted molar refractivity (Wildman–Crippen MR) is 93.5 cm³/mol. The summed E-state index contributed by atoms with van der Waals surface area (Å²) in [6.07, 6.45) is 0. The number of ether oxygens (including phenoxy) is 1. The van der Waals surface area contributed by atoms with Crippen LogP contribution in [0.15, 0.2) is 27.9 Å². The number of thiazole rings is 1. The zero-order valence-electron chi connectivity index (χ0n) is 13.0. The van der Waals surface area contributed by atoms with Crippen molar-refractivity contribution in [1.29, 1.82) is 0 Å². The molecule has 0 spiro atoms. The molecule has 0 aliphatic carbocycles. The number of aryl methyl sites for hydroxylation is 1. The topological polar surface area (TPSA) is 80.3 Å². The molecule has 0 saturated carbocycles. The molecule has 1 heterocycles. The van der Waals surface area contributed by atoms with Gasteiger partial charge in [0.1, 0.15) is 5.75 Å². The summed E-state index contributed by atoms with van der Waals surface area (Å²) < 4.78 is 6.09. The first kappa shape index (κ1) is 17.3. The van der Waals surface area contributed by atoms with Crippen molar-refractivity contribution in [2.75, 3.05) is 23.5 Å². The number of carbonyl (C=O) groups excluding carboxylic acids is 2.